The molecule has 1 aromatic rings. The molecular formula is C10H16N4O2. The molecule has 0 atom stereocenters. The van der Waals surface area contributed by atoms with Gasteiger partial charge in [-0.15, -0.1) is 10.2 Å². The van der Waals surface area contributed by atoms with Crippen molar-refractivity contribution in [1.82, 2.24) is 15.5 Å². The maximum atomic E-state index is 10.7. The van der Waals surface area contributed by atoms with Crippen molar-refractivity contribution in [2.45, 2.75) is 19.9 Å². The van der Waals surface area contributed by atoms with Gasteiger partial charge < -0.3 is 15.8 Å². The van der Waals surface area contributed by atoms with Crippen LogP contribution in [0.4, 0.5) is 0 Å². The molecule has 0 aliphatic carbocycles. The van der Waals surface area contributed by atoms with E-state index in [-0.39, 0.29) is 5.69 Å². The second-order valence-electron chi connectivity index (χ2n) is 3.58. The van der Waals surface area contributed by atoms with E-state index in [1.165, 1.54) is 6.07 Å². The molecule has 0 aromatic carbocycles. The number of nitrogens with zero attached hydrogens (tertiary/aromatic N) is 2. The van der Waals surface area contributed by atoms with Crippen molar-refractivity contribution >= 4 is 5.91 Å². The Morgan fingerprint density at radius 2 is 2.25 bits per heavy atom. The van der Waals surface area contributed by atoms with Crippen molar-refractivity contribution < 1.29 is 9.53 Å². The Morgan fingerprint density at radius 1 is 1.50 bits per heavy atom. The fourth-order valence-corrected chi connectivity index (χ4v) is 1.03. The molecule has 0 saturated heterocycles. The third-order valence-electron chi connectivity index (χ3n) is 1.80. The number of aromatic nitrogens is 2. The molecule has 16 heavy (non-hydrogen) atoms. The summed E-state index contributed by atoms with van der Waals surface area (Å²) in [6.07, 6.45) is 0. The molecule has 0 aliphatic rings. The van der Waals surface area contributed by atoms with Gasteiger partial charge in [0.15, 0.2) is 5.69 Å². The summed E-state index contributed by atoms with van der Waals surface area (Å²) in [7, 11) is 0. The Morgan fingerprint density at radius 3 is 2.75 bits per heavy atom. The van der Waals surface area contributed by atoms with Crippen LogP contribution >= 0.6 is 0 Å². The number of amides is 1. The zero-order chi connectivity index (χ0) is 12.0. The van der Waals surface area contributed by atoms with E-state index in [9.17, 15) is 4.79 Å². The van der Waals surface area contributed by atoms with Gasteiger partial charge in [-0.2, -0.15) is 0 Å². The van der Waals surface area contributed by atoms with E-state index in [4.69, 9.17) is 10.5 Å². The second kappa shape index (κ2) is 6.02. The van der Waals surface area contributed by atoms with Crippen molar-refractivity contribution in [3.8, 4) is 5.88 Å². The fourth-order valence-electron chi connectivity index (χ4n) is 1.03. The maximum absolute atomic E-state index is 10.7. The number of nitrogens with two attached hydrogens (primary N) is 1. The molecule has 1 heterocycles. The molecule has 3 N–H and O–H groups in total. The standard InChI is InChI=1S/C10H16N4O2/c1-7(2)12-5-6-16-9-4-3-8(10(11)15)13-14-9/h3-4,7,12H,5-6H2,1-2H3,(H2,11,15). The molecule has 0 unspecified atom stereocenters. The van der Waals surface area contributed by atoms with Gasteiger partial charge in [-0.25, -0.2) is 0 Å². The highest BCUT2D eigenvalue weighted by Gasteiger charge is 2.03. The van der Waals surface area contributed by atoms with Crippen LogP contribution in [0.15, 0.2) is 12.1 Å². The molecule has 88 valence electrons. The Balaban J connectivity index is 2.35. The molecule has 0 saturated carbocycles. The van der Waals surface area contributed by atoms with Gasteiger partial charge >= 0.3 is 0 Å². The van der Waals surface area contributed by atoms with Crippen molar-refractivity contribution in [1.29, 1.82) is 0 Å². The number of hydrogen-bond acceptors (Lipinski definition) is 5. The van der Waals surface area contributed by atoms with E-state index >= 15 is 0 Å². The highest BCUT2D eigenvalue weighted by Crippen LogP contribution is 2.03. The fraction of sp³-hybridized carbons (Fsp3) is 0.500. The van der Waals surface area contributed by atoms with Crippen LogP contribution in [0.5, 0.6) is 5.88 Å². The number of ether oxygens (including phenoxy) is 1. The normalized spacial score (nSPS) is 10.4. The molecule has 0 spiro atoms. The van der Waals surface area contributed by atoms with Crippen LogP contribution < -0.4 is 15.8 Å². The SMILES string of the molecule is CC(C)NCCOc1ccc(C(N)=O)nn1. The van der Waals surface area contributed by atoms with Crippen molar-refractivity contribution in [3.63, 3.8) is 0 Å². The largest absolute Gasteiger partial charge is 0.475 e. The number of rotatable bonds is 6. The predicted octanol–water partition coefficient (Wildman–Crippen LogP) is -0.0477. The van der Waals surface area contributed by atoms with Crippen LogP contribution in [-0.4, -0.2) is 35.3 Å². The summed E-state index contributed by atoms with van der Waals surface area (Å²) in [5, 5.41) is 10.5. The predicted molar refractivity (Wildman–Crippen MR) is 59.2 cm³/mol. The van der Waals surface area contributed by atoms with Crippen LogP contribution in [0.1, 0.15) is 24.3 Å². The van der Waals surface area contributed by atoms with E-state index in [1.54, 1.807) is 6.07 Å². The van der Waals surface area contributed by atoms with Gasteiger partial charge in [0, 0.05) is 18.7 Å². The molecule has 1 aromatic heterocycles. The first-order valence-corrected chi connectivity index (χ1v) is 5.09. The van der Waals surface area contributed by atoms with E-state index in [0.29, 0.717) is 18.5 Å². The quantitative estimate of drug-likeness (QED) is 0.661. The minimum Gasteiger partial charge on any atom is -0.475 e. The monoisotopic (exact) mass is 224 g/mol. The third kappa shape index (κ3) is 4.22. The number of carbonyl (C=O) groups excluding carboxylic acids is 1. The number of carbonyl (C=O) groups is 1. The molecule has 0 bridgehead atoms. The lowest BCUT2D eigenvalue weighted by Crippen LogP contribution is -2.27. The summed E-state index contributed by atoms with van der Waals surface area (Å²) >= 11 is 0. The summed E-state index contributed by atoms with van der Waals surface area (Å²) in [5.74, 6) is -0.212. The summed E-state index contributed by atoms with van der Waals surface area (Å²) in [6.45, 7) is 5.35. The van der Waals surface area contributed by atoms with Gasteiger partial charge in [0.1, 0.15) is 6.61 Å². The summed E-state index contributed by atoms with van der Waals surface area (Å²) < 4.78 is 5.30. The topological polar surface area (TPSA) is 90.1 Å². The molecule has 6 nitrogen and oxygen atoms in total. The minimum atomic E-state index is -0.597. The summed E-state index contributed by atoms with van der Waals surface area (Å²) in [4.78, 5) is 10.7. The van der Waals surface area contributed by atoms with Crippen LogP contribution in [0.3, 0.4) is 0 Å². The Bertz CT molecular complexity index is 337. The van der Waals surface area contributed by atoms with Crippen molar-refractivity contribution in [3.05, 3.63) is 17.8 Å². The van der Waals surface area contributed by atoms with Crippen molar-refractivity contribution in [2.24, 2.45) is 5.73 Å². The van der Waals surface area contributed by atoms with Crippen LogP contribution in [0.2, 0.25) is 0 Å². The molecule has 0 radical (unpaired) electrons. The van der Waals surface area contributed by atoms with Gasteiger partial charge in [0.2, 0.25) is 5.88 Å². The van der Waals surface area contributed by atoms with Crippen LogP contribution in [-0.2, 0) is 0 Å². The number of primary amides is 1. The Labute approximate surface area is 94.2 Å². The number of hydrogen-bond donors (Lipinski definition) is 2. The number of nitrogens with one attached hydrogen (secondary N) is 1. The highest BCUT2D eigenvalue weighted by molar-refractivity contribution is 5.90. The van der Waals surface area contributed by atoms with Gasteiger partial charge in [-0.3, -0.25) is 4.79 Å². The first kappa shape index (κ1) is 12.4. The lowest BCUT2D eigenvalue weighted by Gasteiger charge is -2.08. The average Bonchev–Trinajstić information content (AvgIpc) is 2.25. The van der Waals surface area contributed by atoms with Crippen LogP contribution in [0, 0.1) is 0 Å². The molecular weight excluding hydrogens is 208 g/mol. The highest BCUT2D eigenvalue weighted by atomic mass is 16.5. The van der Waals surface area contributed by atoms with E-state index in [0.717, 1.165) is 6.54 Å². The van der Waals surface area contributed by atoms with E-state index in [2.05, 4.69) is 29.4 Å². The van der Waals surface area contributed by atoms with Gasteiger partial charge in [-0.1, -0.05) is 13.8 Å². The Kier molecular flexibility index (Phi) is 4.65. The van der Waals surface area contributed by atoms with Crippen LogP contribution in [0.25, 0.3) is 0 Å². The summed E-state index contributed by atoms with van der Waals surface area (Å²) in [5.41, 5.74) is 5.16. The van der Waals surface area contributed by atoms with Crippen molar-refractivity contribution in [2.75, 3.05) is 13.2 Å². The van der Waals surface area contributed by atoms with Gasteiger partial charge in [-0.05, 0) is 6.07 Å². The smallest absolute Gasteiger partial charge is 0.269 e. The third-order valence-corrected chi connectivity index (χ3v) is 1.80. The minimum absolute atomic E-state index is 0.132. The lowest BCUT2D eigenvalue weighted by molar-refractivity contribution is 0.0994. The molecule has 1 rings (SSSR count). The molecule has 6 heteroatoms. The van der Waals surface area contributed by atoms with E-state index in [1.807, 2.05) is 0 Å². The first-order chi connectivity index (χ1) is 7.59. The zero-order valence-electron chi connectivity index (χ0n) is 9.43. The average molecular weight is 224 g/mol. The second-order valence-corrected chi connectivity index (χ2v) is 3.58. The Hall–Kier alpha value is -1.69. The zero-order valence-corrected chi connectivity index (χ0v) is 9.43. The molecule has 0 fully saturated rings. The maximum Gasteiger partial charge on any atom is 0.269 e. The van der Waals surface area contributed by atoms with E-state index < -0.39 is 5.91 Å². The molecule has 1 amide bonds. The van der Waals surface area contributed by atoms with Gasteiger partial charge in [0.25, 0.3) is 5.91 Å². The van der Waals surface area contributed by atoms with Gasteiger partial charge in [0.05, 0.1) is 0 Å². The summed E-state index contributed by atoms with van der Waals surface area (Å²) in [6, 6.07) is 3.48. The molecule has 0 aliphatic heterocycles. The first-order valence-electron chi connectivity index (χ1n) is 5.09. The lowest BCUT2D eigenvalue weighted by atomic mass is 10.4.